The van der Waals surface area contributed by atoms with Gasteiger partial charge >= 0.3 is 5.97 Å². The average Bonchev–Trinajstić information content (AvgIpc) is 3.13. The maximum absolute atomic E-state index is 13.4. The molecular weight excluding hydrogens is 267 g/mol. The third kappa shape index (κ3) is 3.11. The number of amides is 2. The molecule has 0 aromatic heterocycles. The molecule has 0 bridgehead atoms. The Morgan fingerprint density at radius 1 is 1.25 bits per heavy atom. The number of nitrogens with one attached hydrogen (secondary N) is 2. The fraction of sp³-hybridized carbons (Fsp3) is 0.308. The summed E-state index contributed by atoms with van der Waals surface area (Å²) in [5.74, 6) is -3.67. The molecule has 3 N–H and O–H groups in total. The zero-order chi connectivity index (χ0) is 14.9. The van der Waals surface area contributed by atoms with Crippen LogP contribution < -0.4 is 10.6 Å². The monoisotopic (exact) mass is 280 g/mol. The fourth-order valence-electron chi connectivity index (χ4n) is 1.88. The highest BCUT2D eigenvalue weighted by atomic mass is 19.1. The number of carbonyl (C=O) groups excluding carboxylic acids is 2. The number of rotatable bonds is 4. The number of halogens is 1. The van der Waals surface area contributed by atoms with Gasteiger partial charge in [0.05, 0.1) is 17.5 Å². The van der Waals surface area contributed by atoms with Crippen LogP contribution in [0.25, 0.3) is 0 Å². The van der Waals surface area contributed by atoms with Gasteiger partial charge in [0.1, 0.15) is 5.82 Å². The van der Waals surface area contributed by atoms with Gasteiger partial charge in [-0.1, -0.05) is 0 Å². The van der Waals surface area contributed by atoms with Gasteiger partial charge in [0.2, 0.25) is 11.8 Å². The van der Waals surface area contributed by atoms with Crippen LogP contribution >= 0.6 is 0 Å². The standard InChI is InChI=1S/C13H13FN2O4/c1-6(17)15-11-4-7(2-3-10(11)14)16-12(18)8-5-9(8)13(19)20/h2-4,8-9H,5H2,1H3,(H,15,17)(H,16,18)(H,19,20). The van der Waals surface area contributed by atoms with Crippen molar-refractivity contribution >= 4 is 29.2 Å². The Hall–Kier alpha value is -2.44. The van der Waals surface area contributed by atoms with E-state index in [1.54, 1.807) is 0 Å². The molecule has 1 aromatic carbocycles. The van der Waals surface area contributed by atoms with E-state index in [-0.39, 0.29) is 5.69 Å². The Labute approximate surface area is 114 Å². The van der Waals surface area contributed by atoms with Crippen molar-refractivity contribution in [1.29, 1.82) is 0 Å². The Bertz CT molecular complexity index is 588. The van der Waals surface area contributed by atoms with Crippen molar-refractivity contribution in [2.75, 3.05) is 10.6 Å². The molecule has 2 rings (SSSR count). The number of anilines is 2. The summed E-state index contributed by atoms with van der Waals surface area (Å²) in [6.07, 6.45) is 0.306. The van der Waals surface area contributed by atoms with Crippen LogP contribution in [0.3, 0.4) is 0 Å². The summed E-state index contributed by atoms with van der Waals surface area (Å²) in [4.78, 5) is 33.3. The summed E-state index contributed by atoms with van der Waals surface area (Å²) in [6.45, 7) is 1.24. The van der Waals surface area contributed by atoms with Gasteiger partial charge in [0.15, 0.2) is 0 Å². The number of hydrogen-bond acceptors (Lipinski definition) is 3. The largest absolute Gasteiger partial charge is 0.481 e. The lowest BCUT2D eigenvalue weighted by atomic mass is 10.2. The molecule has 106 valence electrons. The van der Waals surface area contributed by atoms with Gasteiger partial charge in [0, 0.05) is 12.6 Å². The van der Waals surface area contributed by atoms with E-state index in [0.717, 1.165) is 6.07 Å². The van der Waals surface area contributed by atoms with Crippen LogP contribution in [0.4, 0.5) is 15.8 Å². The van der Waals surface area contributed by atoms with E-state index in [9.17, 15) is 18.8 Å². The molecule has 2 amide bonds. The first kappa shape index (κ1) is 14.0. The average molecular weight is 280 g/mol. The van der Waals surface area contributed by atoms with E-state index in [4.69, 9.17) is 5.11 Å². The van der Waals surface area contributed by atoms with Gasteiger partial charge in [-0.05, 0) is 24.6 Å². The lowest BCUT2D eigenvalue weighted by Crippen LogP contribution is -2.17. The van der Waals surface area contributed by atoms with Crippen LogP contribution in [-0.2, 0) is 14.4 Å². The summed E-state index contributed by atoms with van der Waals surface area (Å²) in [5.41, 5.74) is 0.261. The van der Waals surface area contributed by atoms with E-state index >= 15 is 0 Å². The first-order chi connectivity index (χ1) is 9.38. The molecule has 20 heavy (non-hydrogen) atoms. The number of carboxylic acid groups (broad SMARTS) is 1. The summed E-state index contributed by atoms with van der Waals surface area (Å²) in [6, 6.07) is 3.74. The van der Waals surface area contributed by atoms with Crippen LogP contribution in [0.5, 0.6) is 0 Å². The molecule has 0 heterocycles. The van der Waals surface area contributed by atoms with Crippen molar-refractivity contribution in [3.05, 3.63) is 24.0 Å². The van der Waals surface area contributed by atoms with Gasteiger partial charge in [-0.2, -0.15) is 0 Å². The summed E-state index contributed by atoms with van der Waals surface area (Å²) in [7, 11) is 0. The highest BCUT2D eigenvalue weighted by Gasteiger charge is 2.48. The number of benzene rings is 1. The molecule has 2 atom stereocenters. The Morgan fingerprint density at radius 3 is 2.50 bits per heavy atom. The maximum atomic E-state index is 13.4. The number of aliphatic carboxylic acids is 1. The fourth-order valence-corrected chi connectivity index (χ4v) is 1.88. The summed E-state index contributed by atoms with van der Waals surface area (Å²) >= 11 is 0. The molecule has 0 radical (unpaired) electrons. The molecule has 6 nitrogen and oxygen atoms in total. The van der Waals surface area contributed by atoms with Crippen molar-refractivity contribution in [3.8, 4) is 0 Å². The zero-order valence-corrected chi connectivity index (χ0v) is 10.6. The molecule has 1 fully saturated rings. The molecule has 0 saturated heterocycles. The van der Waals surface area contributed by atoms with Crippen molar-refractivity contribution in [2.45, 2.75) is 13.3 Å². The second kappa shape index (κ2) is 5.28. The molecule has 2 unspecified atom stereocenters. The van der Waals surface area contributed by atoms with Crippen LogP contribution in [0.2, 0.25) is 0 Å². The predicted octanol–water partition coefficient (Wildman–Crippen LogP) is 1.44. The highest BCUT2D eigenvalue weighted by Crippen LogP contribution is 2.39. The van der Waals surface area contributed by atoms with Crippen molar-refractivity contribution in [2.24, 2.45) is 11.8 Å². The topological polar surface area (TPSA) is 95.5 Å². The molecule has 1 aromatic rings. The zero-order valence-electron chi connectivity index (χ0n) is 10.6. The van der Waals surface area contributed by atoms with Gasteiger partial charge < -0.3 is 15.7 Å². The SMILES string of the molecule is CC(=O)Nc1cc(NC(=O)C2CC2C(=O)O)ccc1F. The van der Waals surface area contributed by atoms with Crippen LogP contribution in [-0.4, -0.2) is 22.9 Å². The smallest absolute Gasteiger partial charge is 0.307 e. The van der Waals surface area contributed by atoms with Gasteiger partial charge in [-0.3, -0.25) is 14.4 Å². The number of carboxylic acids is 1. The minimum Gasteiger partial charge on any atom is -0.481 e. The number of hydrogen-bond donors (Lipinski definition) is 3. The quantitative estimate of drug-likeness (QED) is 0.777. The predicted molar refractivity (Wildman–Crippen MR) is 68.6 cm³/mol. The van der Waals surface area contributed by atoms with Gasteiger partial charge in [-0.15, -0.1) is 0 Å². The highest BCUT2D eigenvalue weighted by molar-refractivity contribution is 5.99. The van der Waals surface area contributed by atoms with Crippen LogP contribution in [0.1, 0.15) is 13.3 Å². The van der Waals surface area contributed by atoms with Gasteiger partial charge in [0.25, 0.3) is 0 Å². The molecule has 1 aliphatic rings. The molecule has 0 spiro atoms. The molecule has 1 saturated carbocycles. The third-order valence-electron chi connectivity index (χ3n) is 2.99. The Balaban J connectivity index is 2.05. The minimum atomic E-state index is -0.997. The Morgan fingerprint density at radius 2 is 1.95 bits per heavy atom. The van der Waals surface area contributed by atoms with E-state index in [1.165, 1.54) is 19.1 Å². The molecule has 7 heteroatoms. The van der Waals surface area contributed by atoms with E-state index in [0.29, 0.717) is 12.1 Å². The first-order valence-corrected chi connectivity index (χ1v) is 5.99. The van der Waals surface area contributed by atoms with E-state index < -0.39 is 35.4 Å². The lowest BCUT2D eigenvalue weighted by Gasteiger charge is -2.08. The van der Waals surface area contributed by atoms with Gasteiger partial charge in [-0.25, -0.2) is 4.39 Å². The molecular formula is C13H13FN2O4. The summed E-state index contributed by atoms with van der Waals surface area (Å²) < 4.78 is 13.4. The third-order valence-corrected chi connectivity index (χ3v) is 2.99. The normalized spacial score (nSPS) is 20.1. The molecule has 1 aliphatic carbocycles. The van der Waals surface area contributed by atoms with Crippen molar-refractivity contribution < 1.29 is 23.9 Å². The van der Waals surface area contributed by atoms with E-state index in [1.807, 2.05) is 0 Å². The second-order valence-corrected chi connectivity index (χ2v) is 4.65. The maximum Gasteiger partial charge on any atom is 0.307 e. The first-order valence-electron chi connectivity index (χ1n) is 5.99. The number of carbonyl (C=O) groups is 3. The van der Waals surface area contributed by atoms with E-state index in [2.05, 4.69) is 10.6 Å². The summed E-state index contributed by atoms with van der Waals surface area (Å²) in [5, 5.41) is 13.5. The van der Waals surface area contributed by atoms with Crippen LogP contribution in [0, 0.1) is 17.7 Å². The minimum absolute atomic E-state index is 0.0409. The van der Waals surface area contributed by atoms with Crippen LogP contribution in [0.15, 0.2) is 18.2 Å². The molecule has 0 aliphatic heterocycles. The Kier molecular flexibility index (Phi) is 3.69. The van der Waals surface area contributed by atoms with Crippen molar-refractivity contribution in [1.82, 2.24) is 0 Å². The van der Waals surface area contributed by atoms with Crippen molar-refractivity contribution in [3.63, 3.8) is 0 Å². The second-order valence-electron chi connectivity index (χ2n) is 4.65. The lowest BCUT2D eigenvalue weighted by molar-refractivity contribution is -0.139.